The molecule has 1 saturated carbocycles. The molecule has 1 aliphatic rings. The van der Waals surface area contributed by atoms with Crippen LogP contribution >= 0.6 is 0 Å². The van der Waals surface area contributed by atoms with Crippen molar-refractivity contribution in [1.82, 2.24) is 20.3 Å². The molecule has 0 aromatic carbocycles. The van der Waals surface area contributed by atoms with Gasteiger partial charge in [-0.2, -0.15) is 0 Å². The summed E-state index contributed by atoms with van der Waals surface area (Å²) in [5, 5.41) is 11.8. The number of aromatic nitrogens is 3. The summed E-state index contributed by atoms with van der Waals surface area (Å²) in [7, 11) is 0. The fourth-order valence-electron chi connectivity index (χ4n) is 1.71. The van der Waals surface area contributed by atoms with Gasteiger partial charge in [0.05, 0.1) is 5.69 Å². The van der Waals surface area contributed by atoms with Gasteiger partial charge in [-0.1, -0.05) is 26.0 Å². The van der Waals surface area contributed by atoms with Crippen LogP contribution in [0.3, 0.4) is 0 Å². The van der Waals surface area contributed by atoms with Crippen LogP contribution < -0.4 is 5.32 Å². The van der Waals surface area contributed by atoms with E-state index >= 15 is 0 Å². The van der Waals surface area contributed by atoms with Crippen molar-refractivity contribution < 1.29 is 0 Å². The lowest BCUT2D eigenvalue weighted by Gasteiger charge is -2.17. The molecule has 0 spiro atoms. The molecule has 0 atom stereocenters. The summed E-state index contributed by atoms with van der Waals surface area (Å²) < 4.78 is 1.96. The standard InChI is InChI=1S/C13H24N4/c1-13(2,3)6-7-17-10-12(15-16-17)9-14-8-11-4-5-11/h10-11,14H,4-9H2,1-3H3. The van der Waals surface area contributed by atoms with E-state index in [1.165, 1.54) is 12.8 Å². The Morgan fingerprint density at radius 2 is 2.18 bits per heavy atom. The average Bonchev–Trinajstić information content (AvgIpc) is 2.93. The lowest BCUT2D eigenvalue weighted by molar-refractivity contribution is 0.339. The maximum atomic E-state index is 4.18. The van der Waals surface area contributed by atoms with Crippen LogP contribution in [0.15, 0.2) is 6.20 Å². The summed E-state index contributed by atoms with van der Waals surface area (Å²) in [6.45, 7) is 9.70. The number of hydrogen-bond donors (Lipinski definition) is 1. The van der Waals surface area contributed by atoms with E-state index in [1.54, 1.807) is 0 Å². The van der Waals surface area contributed by atoms with Gasteiger partial charge in [-0.05, 0) is 37.1 Å². The van der Waals surface area contributed by atoms with E-state index in [4.69, 9.17) is 0 Å². The third-order valence-electron chi connectivity index (χ3n) is 3.11. The van der Waals surface area contributed by atoms with E-state index < -0.39 is 0 Å². The zero-order valence-corrected chi connectivity index (χ0v) is 11.2. The van der Waals surface area contributed by atoms with Gasteiger partial charge in [-0.3, -0.25) is 4.68 Å². The lowest BCUT2D eigenvalue weighted by atomic mass is 9.92. The second kappa shape index (κ2) is 5.17. The molecule has 0 bridgehead atoms. The van der Waals surface area contributed by atoms with E-state index in [1.807, 2.05) is 4.68 Å². The van der Waals surface area contributed by atoms with Crippen molar-refractivity contribution >= 4 is 0 Å². The molecule has 2 rings (SSSR count). The van der Waals surface area contributed by atoms with Gasteiger partial charge in [-0.15, -0.1) is 5.10 Å². The highest BCUT2D eigenvalue weighted by Gasteiger charge is 2.20. The fourth-order valence-corrected chi connectivity index (χ4v) is 1.71. The van der Waals surface area contributed by atoms with Crippen molar-refractivity contribution in [1.29, 1.82) is 0 Å². The van der Waals surface area contributed by atoms with Gasteiger partial charge in [-0.25, -0.2) is 0 Å². The highest BCUT2D eigenvalue weighted by molar-refractivity contribution is 4.92. The first-order chi connectivity index (χ1) is 8.03. The van der Waals surface area contributed by atoms with Gasteiger partial charge in [0.1, 0.15) is 0 Å². The molecule has 0 unspecified atom stereocenters. The second-order valence-electron chi connectivity index (χ2n) is 6.36. The first kappa shape index (κ1) is 12.6. The van der Waals surface area contributed by atoms with Crippen molar-refractivity contribution in [3.8, 4) is 0 Å². The maximum absolute atomic E-state index is 4.18. The van der Waals surface area contributed by atoms with Crippen LogP contribution in [0.2, 0.25) is 0 Å². The minimum Gasteiger partial charge on any atom is -0.311 e. The molecule has 1 aliphatic carbocycles. The van der Waals surface area contributed by atoms with Gasteiger partial charge < -0.3 is 5.32 Å². The first-order valence-electron chi connectivity index (χ1n) is 6.63. The molecular formula is C13H24N4. The minimum atomic E-state index is 0.357. The molecule has 1 N–H and O–H groups in total. The molecule has 4 heteroatoms. The second-order valence-corrected chi connectivity index (χ2v) is 6.36. The highest BCUT2D eigenvalue weighted by Crippen LogP contribution is 2.27. The van der Waals surface area contributed by atoms with Crippen LogP contribution in [0.1, 0.15) is 45.7 Å². The van der Waals surface area contributed by atoms with Crippen molar-refractivity contribution in [2.75, 3.05) is 6.54 Å². The van der Waals surface area contributed by atoms with Gasteiger partial charge in [0.25, 0.3) is 0 Å². The van der Waals surface area contributed by atoms with E-state index in [2.05, 4.69) is 42.6 Å². The number of rotatable bonds is 6. The molecule has 0 radical (unpaired) electrons. The topological polar surface area (TPSA) is 42.7 Å². The molecule has 1 aromatic heterocycles. The zero-order chi connectivity index (χ0) is 12.3. The first-order valence-corrected chi connectivity index (χ1v) is 6.63. The monoisotopic (exact) mass is 236 g/mol. The Balaban J connectivity index is 1.70. The molecule has 1 aromatic rings. The third kappa shape index (κ3) is 4.86. The van der Waals surface area contributed by atoms with Crippen LogP contribution in [-0.2, 0) is 13.1 Å². The van der Waals surface area contributed by atoms with Crippen LogP contribution in [0.4, 0.5) is 0 Å². The van der Waals surface area contributed by atoms with Gasteiger partial charge >= 0.3 is 0 Å². The quantitative estimate of drug-likeness (QED) is 0.823. The normalized spacial score (nSPS) is 16.4. The Morgan fingerprint density at radius 1 is 1.41 bits per heavy atom. The zero-order valence-electron chi connectivity index (χ0n) is 11.2. The number of nitrogens with one attached hydrogen (secondary N) is 1. The molecular weight excluding hydrogens is 212 g/mol. The lowest BCUT2D eigenvalue weighted by Crippen LogP contribution is -2.16. The summed E-state index contributed by atoms with van der Waals surface area (Å²) in [6.07, 6.45) is 5.98. The van der Waals surface area contributed by atoms with Crippen LogP contribution in [0, 0.1) is 11.3 Å². The van der Waals surface area contributed by atoms with Gasteiger partial charge in [0.2, 0.25) is 0 Å². The summed E-state index contributed by atoms with van der Waals surface area (Å²) in [6, 6.07) is 0. The van der Waals surface area contributed by atoms with Crippen molar-refractivity contribution in [3.05, 3.63) is 11.9 Å². The Morgan fingerprint density at radius 3 is 2.82 bits per heavy atom. The van der Waals surface area contributed by atoms with Crippen molar-refractivity contribution in [3.63, 3.8) is 0 Å². The molecule has 1 fully saturated rings. The highest BCUT2D eigenvalue weighted by atomic mass is 15.4. The molecule has 17 heavy (non-hydrogen) atoms. The van der Waals surface area contributed by atoms with Crippen LogP contribution in [-0.4, -0.2) is 21.5 Å². The molecule has 1 heterocycles. The number of nitrogens with zero attached hydrogens (tertiary/aromatic N) is 3. The summed E-state index contributed by atoms with van der Waals surface area (Å²) >= 11 is 0. The Labute approximate surface area is 104 Å². The van der Waals surface area contributed by atoms with E-state index in [0.29, 0.717) is 5.41 Å². The molecule has 4 nitrogen and oxygen atoms in total. The Hall–Kier alpha value is -0.900. The van der Waals surface area contributed by atoms with Gasteiger partial charge in [0.15, 0.2) is 0 Å². The van der Waals surface area contributed by atoms with Crippen molar-refractivity contribution in [2.45, 2.75) is 53.1 Å². The van der Waals surface area contributed by atoms with E-state index in [-0.39, 0.29) is 0 Å². The average molecular weight is 236 g/mol. The predicted octanol–water partition coefficient (Wildman–Crippen LogP) is 2.21. The molecule has 0 amide bonds. The number of aryl methyl sites for hydroxylation is 1. The summed E-state index contributed by atoms with van der Waals surface area (Å²) in [4.78, 5) is 0. The molecule has 0 saturated heterocycles. The van der Waals surface area contributed by atoms with Gasteiger partial charge in [0, 0.05) is 19.3 Å². The summed E-state index contributed by atoms with van der Waals surface area (Å²) in [5.41, 5.74) is 1.41. The largest absolute Gasteiger partial charge is 0.311 e. The molecule has 0 aliphatic heterocycles. The molecule has 96 valence electrons. The van der Waals surface area contributed by atoms with Crippen molar-refractivity contribution in [2.24, 2.45) is 11.3 Å². The minimum absolute atomic E-state index is 0.357. The van der Waals surface area contributed by atoms with Crippen LogP contribution in [0.5, 0.6) is 0 Å². The summed E-state index contributed by atoms with van der Waals surface area (Å²) in [5.74, 6) is 0.922. The third-order valence-corrected chi connectivity index (χ3v) is 3.11. The Bertz CT molecular complexity index is 347. The van der Waals surface area contributed by atoms with E-state index in [0.717, 1.165) is 37.7 Å². The van der Waals surface area contributed by atoms with E-state index in [9.17, 15) is 0 Å². The van der Waals surface area contributed by atoms with Crippen LogP contribution in [0.25, 0.3) is 0 Å². The fraction of sp³-hybridized carbons (Fsp3) is 0.846. The SMILES string of the molecule is CC(C)(C)CCn1cc(CNCC2CC2)nn1. The smallest absolute Gasteiger partial charge is 0.0964 e. The Kier molecular flexibility index (Phi) is 3.82. The number of hydrogen-bond acceptors (Lipinski definition) is 3. The predicted molar refractivity (Wildman–Crippen MR) is 68.5 cm³/mol. The maximum Gasteiger partial charge on any atom is 0.0964 e.